The topological polar surface area (TPSA) is 21.7 Å². The first-order valence-electron chi connectivity index (χ1n) is 21.2. The summed E-state index contributed by atoms with van der Waals surface area (Å²) in [5.74, 6) is 2.81. The van der Waals surface area contributed by atoms with Gasteiger partial charge in [-0.25, -0.2) is 0 Å². The van der Waals surface area contributed by atoms with Gasteiger partial charge < -0.3 is 14.4 Å². The van der Waals surface area contributed by atoms with Gasteiger partial charge in [0.1, 0.15) is 0 Å². The first-order chi connectivity index (χ1) is 30.0. The summed E-state index contributed by atoms with van der Waals surface area (Å²) < 4.78 is 13.7. The number of anilines is 3. The van der Waals surface area contributed by atoms with E-state index in [0.29, 0.717) is 17.2 Å². The molecule has 13 rings (SSSR count). The molecule has 0 atom stereocenters. The number of benzene rings is 9. The van der Waals surface area contributed by atoms with E-state index in [-0.39, 0.29) is 5.41 Å². The molecule has 61 heavy (non-hydrogen) atoms. The first kappa shape index (κ1) is 34.3. The molecule has 0 unspecified atom stereocenters. The highest BCUT2D eigenvalue weighted by Gasteiger charge is 2.52. The molecule has 3 aliphatic carbocycles. The number of para-hydroxylation sites is 1. The van der Waals surface area contributed by atoms with E-state index in [9.17, 15) is 0 Å². The van der Waals surface area contributed by atoms with Crippen molar-refractivity contribution in [1.82, 2.24) is 0 Å². The van der Waals surface area contributed by atoms with Gasteiger partial charge in [-0.2, -0.15) is 0 Å². The van der Waals surface area contributed by atoms with Crippen LogP contribution in [0.3, 0.4) is 0 Å². The van der Waals surface area contributed by atoms with Crippen LogP contribution in [0.4, 0.5) is 17.1 Å². The van der Waals surface area contributed by atoms with Gasteiger partial charge in [0.2, 0.25) is 0 Å². The maximum Gasteiger partial charge on any atom is 0.172 e. The highest BCUT2D eigenvalue weighted by atomic mass is 16.6. The second kappa shape index (κ2) is 12.5. The second-order valence-corrected chi connectivity index (χ2v) is 17.2. The SMILES string of the molecule is CC1(C)c2ccccc2-c2ccc(-c3cccc(N(c4ccccc4)c4ccc5c(c4)Oc4cc6c(cc4O5)-c4ccccc4C64c5ccccc5-c5ccccc54)c3)cc21. The van der Waals surface area contributed by atoms with Crippen molar-refractivity contribution in [2.45, 2.75) is 24.7 Å². The number of fused-ring (bicyclic) bond motifs is 15. The summed E-state index contributed by atoms with van der Waals surface area (Å²) in [5, 5.41) is 0. The van der Waals surface area contributed by atoms with Crippen molar-refractivity contribution >= 4 is 17.1 Å². The zero-order valence-corrected chi connectivity index (χ0v) is 33.8. The molecule has 0 saturated carbocycles. The molecule has 3 heteroatoms. The molecule has 0 radical (unpaired) electrons. The average molecular weight is 782 g/mol. The van der Waals surface area contributed by atoms with Crippen LogP contribution in [0.1, 0.15) is 47.2 Å². The summed E-state index contributed by atoms with van der Waals surface area (Å²) in [4.78, 5) is 2.30. The molecular formula is C58H39NO2. The molecular weight excluding hydrogens is 743 g/mol. The quantitative estimate of drug-likeness (QED) is 0.177. The highest BCUT2D eigenvalue weighted by Crippen LogP contribution is 2.65. The summed E-state index contributed by atoms with van der Waals surface area (Å²) in [6.45, 7) is 4.68. The normalized spacial score (nSPS) is 14.6. The van der Waals surface area contributed by atoms with Crippen molar-refractivity contribution < 1.29 is 9.47 Å². The molecule has 0 aromatic heterocycles. The van der Waals surface area contributed by atoms with Crippen molar-refractivity contribution in [2.75, 3.05) is 4.90 Å². The Morgan fingerprint density at radius 2 is 0.820 bits per heavy atom. The summed E-state index contributed by atoms with van der Waals surface area (Å²) in [6, 6.07) is 72.6. The predicted molar refractivity (Wildman–Crippen MR) is 247 cm³/mol. The molecule has 0 saturated heterocycles. The van der Waals surface area contributed by atoms with Crippen molar-refractivity contribution in [2.24, 2.45) is 0 Å². The Morgan fingerprint density at radius 1 is 0.311 bits per heavy atom. The van der Waals surface area contributed by atoms with Gasteiger partial charge in [0, 0.05) is 22.9 Å². The summed E-state index contributed by atoms with van der Waals surface area (Å²) in [7, 11) is 0. The molecule has 1 heterocycles. The summed E-state index contributed by atoms with van der Waals surface area (Å²) in [5.41, 5.74) is 20.4. The maximum absolute atomic E-state index is 6.97. The Kier molecular flexibility index (Phi) is 6.99. The van der Waals surface area contributed by atoms with Gasteiger partial charge in [-0.3, -0.25) is 0 Å². The number of hydrogen-bond donors (Lipinski definition) is 0. The predicted octanol–water partition coefficient (Wildman–Crippen LogP) is 15.4. The molecule has 4 aliphatic rings. The lowest BCUT2D eigenvalue weighted by Crippen LogP contribution is -2.25. The third-order valence-corrected chi connectivity index (χ3v) is 13.7. The van der Waals surface area contributed by atoms with Crippen LogP contribution >= 0.6 is 0 Å². The lowest BCUT2D eigenvalue weighted by Gasteiger charge is -2.31. The van der Waals surface area contributed by atoms with Crippen LogP contribution in [0.5, 0.6) is 23.0 Å². The molecule has 0 N–H and O–H groups in total. The minimum atomic E-state index is -0.465. The Labute approximate surface area is 355 Å². The molecule has 1 spiro atoms. The minimum absolute atomic E-state index is 0.0733. The first-order valence-corrected chi connectivity index (χ1v) is 21.2. The van der Waals surface area contributed by atoms with E-state index in [1.165, 1.54) is 77.9 Å². The monoisotopic (exact) mass is 781 g/mol. The smallest absolute Gasteiger partial charge is 0.172 e. The molecule has 3 nitrogen and oxygen atoms in total. The van der Waals surface area contributed by atoms with E-state index < -0.39 is 5.41 Å². The molecule has 0 bridgehead atoms. The van der Waals surface area contributed by atoms with Gasteiger partial charge in [0.15, 0.2) is 23.0 Å². The number of ether oxygens (including phenoxy) is 2. The molecule has 0 amide bonds. The number of nitrogens with zero attached hydrogens (tertiary/aromatic N) is 1. The molecule has 288 valence electrons. The van der Waals surface area contributed by atoms with Crippen molar-refractivity contribution in [1.29, 1.82) is 0 Å². The fraction of sp³-hybridized carbons (Fsp3) is 0.0690. The number of hydrogen-bond acceptors (Lipinski definition) is 3. The van der Waals surface area contributed by atoms with E-state index in [2.05, 4.69) is 213 Å². The van der Waals surface area contributed by atoms with E-state index >= 15 is 0 Å². The van der Waals surface area contributed by atoms with Crippen LogP contribution in [0.2, 0.25) is 0 Å². The second-order valence-electron chi connectivity index (χ2n) is 17.2. The summed E-state index contributed by atoms with van der Waals surface area (Å²) in [6.07, 6.45) is 0. The van der Waals surface area contributed by atoms with Gasteiger partial charge in [-0.05, 0) is 132 Å². The van der Waals surface area contributed by atoms with Gasteiger partial charge in [0.05, 0.1) is 11.1 Å². The fourth-order valence-corrected chi connectivity index (χ4v) is 11.0. The van der Waals surface area contributed by atoms with Crippen LogP contribution in [-0.4, -0.2) is 0 Å². The van der Waals surface area contributed by atoms with Crippen LogP contribution in [0.15, 0.2) is 200 Å². The highest BCUT2D eigenvalue weighted by molar-refractivity contribution is 5.96. The third kappa shape index (κ3) is 4.69. The van der Waals surface area contributed by atoms with Gasteiger partial charge in [-0.1, -0.05) is 153 Å². The van der Waals surface area contributed by atoms with Crippen LogP contribution < -0.4 is 14.4 Å². The Bertz CT molecular complexity index is 3260. The van der Waals surface area contributed by atoms with Gasteiger partial charge in [-0.15, -0.1) is 0 Å². The Balaban J connectivity index is 0.910. The zero-order chi connectivity index (χ0) is 40.5. The van der Waals surface area contributed by atoms with E-state index in [4.69, 9.17) is 9.47 Å². The number of rotatable bonds is 4. The van der Waals surface area contributed by atoms with E-state index in [1.54, 1.807) is 0 Å². The maximum atomic E-state index is 6.97. The molecule has 9 aromatic rings. The third-order valence-electron chi connectivity index (χ3n) is 13.7. The van der Waals surface area contributed by atoms with Gasteiger partial charge in [0.25, 0.3) is 0 Å². The van der Waals surface area contributed by atoms with E-state index in [0.717, 1.165) is 22.8 Å². The van der Waals surface area contributed by atoms with Crippen LogP contribution in [0, 0.1) is 0 Å². The van der Waals surface area contributed by atoms with Crippen molar-refractivity contribution in [3.05, 3.63) is 234 Å². The zero-order valence-electron chi connectivity index (χ0n) is 33.8. The van der Waals surface area contributed by atoms with Gasteiger partial charge >= 0.3 is 0 Å². The molecule has 1 aliphatic heterocycles. The van der Waals surface area contributed by atoms with Crippen LogP contribution in [0.25, 0.3) is 44.5 Å². The van der Waals surface area contributed by atoms with Crippen molar-refractivity contribution in [3.63, 3.8) is 0 Å². The lowest BCUT2D eigenvalue weighted by molar-refractivity contribution is 0.359. The minimum Gasteiger partial charge on any atom is -0.449 e. The lowest BCUT2D eigenvalue weighted by atomic mass is 9.70. The van der Waals surface area contributed by atoms with Crippen LogP contribution in [-0.2, 0) is 10.8 Å². The molecule has 9 aromatic carbocycles. The fourth-order valence-electron chi connectivity index (χ4n) is 11.0. The molecule has 0 fully saturated rings. The Hall–Kier alpha value is -7.62. The summed E-state index contributed by atoms with van der Waals surface area (Å²) >= 11 is 0. The Morgan fingerprint density at radius 3 is 1.52 bits per heavy atom. The van der Waals surface area contributed by atoms with E-state index in [1.807, 2.05) is 6.07 Å². The van der Waals surface area contributed by atoms with Crippen molar-refractivity contribution in [3.8, 4) is 67.5 Å². The standard InChI is InChI=1S/C58H39NO2/c1-57(2)47-23-10-6-19-41(47)45-29-27-37(32-51(45)57)36-15-14-18-39(31-36)59(38-16-4-3-5-17-38)40-28-30-53-54(33-40)61-56-35-52-46(34-55(56)60-53)44-22-9-13-26-50(44)58(52)48-24-11-7-20-42(48)43-21-8-12-25-49(43)58/h3-35H,1-2H3. The average Bonchev–Trinajstić information content (AvgIpc) is 3.86. The largest absolute Gasteiger partial charge is 0.449 e.